The van der Waals surface area contributed by atoms with Crippen LogP contribution in [-0.2, 0) is 0 Å². The molecule has 4 heteroatoms. The van der Waals surface area contributed by atoms with Gasteiger partial charge in [-0.25, -0.2) is 0 Å². The van der Waals surface area contributed by atoms with Crippen molar-refractivity contribution in [2.75, 3.05) is 17.2 Å². The highest BCUT2D eigenvalue weighted by molar-refractivity contribution is 6.09. The molecular weight excluding hydrogens is 252 g/mol. The number of benzene rings is 2. The van der Waals surface area contributed by atoms with Gasteiger partial charge in [0.25, 0.3) is 5.91 Å². The van der Waals surface area contributed by atoms with Crippen molar-refractivity contribution in [3.63, 3.8) is 0 Å². The first-order valence-electron chi connectivity index (χ1n) is 6.51. The van der Waals surface area contributed by atoms with Crippen LogP contribution in [0.4, 0.5) is 11.4 Å². The highest BCUT2D eigenvalue weighted by Crippen LogP contribution is 2.28. The van der Waals surface area contributed by atoms with E-state index in [9.17, 15) is 9.90 Å². The number of anilines is 2. The van der Waals surface area contributed by atoms with Crippen LogP contribution in [0.1, 0.15) is 22.8 Å². The summed E-state index contributed by atoms with van der Waals surface area (Å²) in [7, 11) is 0. The third-order valence-corrected chi connectivity index (χ3v) is 3.27. The maximum atomic E-state index is 12.6. The minimum absolute atomic E-state index is 0.162. The van der Waals surface area contributed by atoms with Gasteiger partial charge in [-0.05, 0) is 37.6 Å². The van der Waals surface area contributed by atoms with Gasteiger partial charge >= 0.3 is 0 Å². The van der Waals surface area contributed by atoms with Crippen LogP contribution < -0.4 is 10.6 Å². The molecular formula is C16H18N2O2. The smallest absolute Gasteiger partial charge is 0.262 e. The second-order valence-corrected chi connectivity index (χ2v) is 4.58. The Labute approximate surface area is 118 Å². The molecule has 2 rings (SSSR count). The van der Waals surface area contributed by atoms with Gasteiger partial charge in [0, 0.05) is 12.2 Å². The lowest BCUT2D eigenvalue weighted by Crippen LogP contribution is -2.31. The summed E-state index contributed by atoms with van der Waals surface area (Å²) in [4.78, 5) is 14.2. The van der Waals surface area contributed by atoms with Gasteiger partial charge in [-0.1, -0.05) is 24.3 Å². The molecule has 0 saturated heterocycles. The molecule has 0 radical (unpaired) electrons. The van der Waals surface area contributed by atoms with E-state index in [1.165, 1.54) is 0 Å². The highest BCUT2D eigenvalue weighted by Gasteiger charge is 2.21. The van der Waals surface area contributed by atoms with Crippen LogP contribution in [0.2, 0.25) is 0 Å². The van der Waals surface area contributed by atoms with E-state index in [4.69, 9.17) is 5.73 Å². The number of carbonyl (C=O) groups is 1. The summed E-state index contributed by atoms with van der Waals surface area (Å²) in [5.41, 5.74) is 7.91. The van der Waals surface area contributed by atoms with Gasteiger partial charge in [-0.15, -0.1) is 0 Å². The van der Waals surface area contributed by atoms with Gasteiger partial charge in [0.15, 0.2) is 5.75 Å². The van der Waals surface area contributed by atoms with Gasteiger partial charge in [0.05, 0.1) is 11.3 Å². The minimum atomic E-state index is -0.258. The van der Waals surface area contributed by atoms with Crippen LogP contribution in [0.3, 0.4) is 0 Å². The molecule has 20 heavy (non-hydrogen) atoms. The second kappa shape index (κ2) is 5.65. The predicted octanol–water partition coefficient (Wildman–Crippen LogP) is 2.95. The number of para-hydroxylation sites is 2. The fourth-order valence-electron chi connectivity index (χ4n) is 2.17. The fourth-order valence-corrected chi connectivity index (χ4v) is 2.17. The molecule has 0 heterocycles. The van der Waals surface area contributed by atoms with Crippen molar-refractivity contribution in [2.45, 2.75) is 13.8 Å². The van der Waals surface area contributed by atoms with Crippen LogP contribution in [0, 0.1) is 6.92 Å². The molecule has 0 fully saturated rings. The normalized spacial score (nSPS) is 10.3. The standard InChI is InChI=1S/C16H18N2O2/c1-3-18(14-10-5-4-7-11(14)2)16(20)12-8-6-9-13(17)15(12)19/h4-10,19H,3,17H2,1-2H3. The molecule has 0 spiro atoms. The first kappa shape index (κ1) is 13.9. The monoisotopic (exact) mass is 270 g/mol. The van der Waals surface area contributed by atoms with Gasteiger partial charge in [-0.2, -0.15) is 0 Å². The summed E-state index contributed by atoms with van der Waals surface area (Å²) in [5, 5.41) is 9.96. The van der Waals surface area contributed by atoms with Gasteiger partial charge in [0.2, 0.25) is 0 Å². The molecule has 0 aliphatic carbocycles. The van der Waals surface area contributed by atoms with Crippen LogP contribution in [-0.4, -0.2) is 17.6 Å². The molecule has 0 aliphatic rings. The number of hydrogen-bond donors (Lipinski definition) is 2. The summed E-state index contributed by atoms with van der Waals surface area (Å²) in [6, 6.07) is 12.5. The van der Waals surface area contributed by atoms with E-state index in [1.54, 1.807) is 23.1 Å². The quantitative estimate of drug-likeness (QED) is 0.665. The summed E-state index contributed by atoms with van der Waals surface area (Å²) in [6.45, 7) is 4.36. The molecule has 0 saturated carbocycles. The Bertz CT molecular complexity index is 638. The van der Waals surface area contributed by atoms with E-state index in [2.05, 4.69) is 0 Å². The summed E-state index contributed by atoms with van der Waals surface area (Å²) < 4.78 is 0. The van der Waals surface area contributed by atoms with Gasteiger partial charge < -0.3 is 15.7 Å². The van der Waals surface area contributed by atoms with Gasteiger partial charge in [0.1, 0.15) is 0 Å². The molecule has 0 unspecified atom stereocenters. The Morgan fingerprint density at radius 3 is 2.55 bits per heavy atom. The molecule has 2 aromatic carbocycles. The molecule has 104 valence electrons. The number of nitrogens with zero attached hydrogens (tertiary/aromatic N) is 1. The lowest BCUT2D eigenvalue weighted by atomic mass is 10.1. The Morgan fingerprint density at radius 2 is 1.90 bits per heavy atom. The number of carbonyl (C=O) groups excluding carboxylic acids is 1. The van der Waals surface area contributed by atoms with Crippen molar-refractivity contribution in [1.29, 1.82) is 0 Å². The molecule has 3 N–H and O–H groups in total. The lowest BCUT2D eigenvalue weighted by Gasteiger charge is -2.23. The zero-order valence-corrected chi connectivity index (χ0v) is 11.6. The first-order valence-corrected chi connectivity index (χ1v) is 6.51. The highest BCUT2D eigenvalue weighted by atomic mass is 16.3. The topological polar surface area (TPSA) is 66.6 Å². The van der Waals surface area contributed by atoms with E-state index in [0.29, 0.717) is 6.54 Å². The zero-order valence-electron chi connectivity index (χ0n) is 11.6. The Kier molecular flexibility index (Phi) is 3.94. The Hall–Kier alpha value is -2.49. The van der Waals surface area contributed by atoms with E-state index < -0.39 is 0 Å². The lowest BCUT2D eigenvalue weighted by molar-refractivity contribution is 0.0985. The minimum Gasteiger partial charge on any atom is -0.505 e. The second-order valence-electron chi connectivity index (χ2n) is 4.58. The first-order chi connectivity index (χ1) is 9.56. The third-order valence-electron chi connectivity index (χ3n) is 3.27. The van der Waals surface area contributed by atoms with Crippen LogP contribution >= 0.6 is 0 Å². The summed E-state index contributed by atoms with van der Waals surface area (Å²) >= 11 is 0. The largest absolute Gasteiger partial charge is 0.505 e. The average molecular weight is 270 g/mol. The summed E-state index contributed by atoms with van der Waals surface area (Å²) in [6.07, 6.45) is 0. The maximum Gasteiger partial charge on any atom is 0.262 e. The number of nitrogens with two attached hydrogens (primary N) is 1. The molecule has 0 atom stereocenters. The molecule has 1 amide bonds. The van der Waals surface area contributed by atoms with Crippen LogP contribution in [0.15, 0.2) is 42.5 Å². The predicted molar refractivity (Wildman–Crippen MR) is 81.0 cm³/mol. The van der Waals surface area contributed by atoms with Crippen LogP contribution in [0.25, 0.3) is 0 Å². The van der Waals surface area contributed by atoms with Crippen molar-refractivity contribution < 1.29 is 9.90 Å². The van der Waals surface area contributed by atoms with E-state index in [-0.39, 0.29) is 22.9 Å². The summed E-state index contributed by atoms with van der Waals surface area (Å²) in [5.74, 6) is -0.420. The SMILES string of the molecule is CCN(C(=O)c1cccc(N)c1O)c1ccccc1C. The number of rotatable bonds is 3. The Morgan fingerprint density at radius 1 is 1.20 bits per heavy atom. The fraction of sp³-hybridized carbons (Fsp3) is 0.188. The van der Waals surface area contributed by atoms with E-state index in [0.717, 1.165) is 11.3 Å². The number of nitrogen functional groups attached to an aromatic ring is 1. The number of hydrogen-bond acceptors (Lipinski definition) is 3. The number of phenols is 1. The van der Waals surface area contributed by atoms with Crippen LogP contribution in [0.5, 0.6) is 5.75 Å². The van der Waals surface area contributed by atoms with Crippen molar-refractivity contribution in [2.24, 2.45) is 0 Å². The maximum absolute atomic E-state index is 12.6. The molecule has 0 aliphatic heterocycles. The molecule has 4 nitrogen and oxygen atoms in total. The molecule has 0 aromatic heterocycles. The van der Waals surface area contributed by atoms with E-state index in [1.807, 2.05) is 38.1 Å². The number of amides is 1. The van der Waals surface area contributed by atoms with Crippen molar-refractivity contribution in [3.05, 3.63) is 53.6 Å². The number of phenolic OH excluding ortho intramolecular Hbond substituents is 1. The van der Waals surface area contributed by atoms with Crippen molar-refractivity contribution in [1.82, 2.24) is 0 Å². The number of aromatic hydroxyl groups is 1. The zero-order chi connectivity index (χ0) is 14.7. The van der Waals surface area contributed by atoms with Crippen molar-refractivity contribution in [3.8, 4) is 5.75 Å². The van der Waals surface area contributed by atoms with E-state index >= 15 is 0 Å². The number of aryl methyl sites for hydroxylation is 1. The van der Waals surface area contributed by atoms with Crippen molar-refractivity contribution >= 4 is 17.3 Å². The molecule has 2 aromatic rings. The third kappa shape index (κ3) is 2.45. The Balaban J connectivity index is 2.45. The van der Waals surface area contributed by atoms with Gasteiger partial charge in [-0.3, -0.25) is 4.79 Å². The average Bonchev–Trinajstić information content (AvgIpc) is 2.44. The molecule has 0 bridgehead atoms.